The zero-order valence-electron chi connectivity index (χ0n) is 15.8. The fourth-order valence-corrected chi connectivity index (χ4v) is 3.29. The number of pyridine rings is 1. The Kier molecular flexibility index (Phi) is 6.08. The van der Waals surface area contributed by atoms with E-state index in [9.17, 15) is 0 Å². The summed E-state index contributed by atoms with van der Waals surface area (Å²) in [5.74, 6) is 1.13. The Morgan fingerprint density at radius 1 is 1.12 bits per heavy atom. The van der Waals surface area contributed by atoms with Crippen LogP contribution in [0, 0.1) is 0 Å². The van der Waals surface area contributed by atoms with Gasteiger partial charge < -0.3 is 10.2 Å². The topological polar surface area (TPSA) is 46.0 Å². The maximum Gasteiger partial charge on any atom is 0.128 e. The summed E-state index contributed by atoms with van der Waals surface area (Å²) in [7, 11) is 0. The Labute approximate surface area is 151 Å². The summed E-state index contributed by atoms with van der Waals surface area (Å²) in [6.45, 7) is 9.60. The molecule has 1 aliphatic rings. The first-order chi connectivity index (χ1) is 12.1. The van der Waals surface area contributed by atoms with Gasteiger partial charge in [-0.15, -0.1) is 0 Å². The number of nitrogens with one attached hydrogen (secondary N) is 1. The van der Waals surface area contributed by atoms with E-state index in [1.807, 2.05) is 17.1 Å². The number of nitrogens with zero attached hydrogens (tertiary/aromatic N) is 4. The molecule has 0 aliphatic carbocycles. The van der Waals surface area contributed by atoms with Crippen LogP contribution in [-0.4, -0.2) is 27.9 Å². The Morgan fingerprint density at radius 2 is 1.88 bits per heavy atom. The Bertz CT molecular complexity index is 656. The number of hydrogen-bond acceptors (Lipinski definition) is 4. The SMILES string of the molecule is CC(C)n1cc([C@@H](C)NCc2ccnc(N3CCCCCC3)c2)cn1. The molecule has 5 heteroatoms. The van der Waals surface area contributed by atoms with Crippen LogP contribution in [0.4, 0.5) is 5.82 Å². The zero-order valence-corrected chi connectivity index (χ0v) is 15.8. The van der Waals surface area contributed by atoms with Gasteiger partial charge in [-0.25, -0.2) is 4.98 Å². The molecule has 3 heterocycles. The minimum Gasteiger partial charge on any atom is -0.357 e. The first-order valence-corrected chi connectivity index (χ1v) is 9.61. The first kappa shape index (κ1) is 17.9. The highest BCUT2D eigenvalue weighted by atomic mass is 15.3. The molecule has 136 valence electrons. The van der Waals surface area contributed by atoms with Crippen LogP contribution in [0.3, 0.4) is 0 Å². The van der Waals surface area contributed by atoms with E-state index < -0.39 is 0 Å². The molecule has 2 aromatic heterocycles. The molecule has 1 atom stereocenters. The molecule has 1 fully saturated rings. The van der Waals surface area contributed by atoms with Crippen molar-refractivity contribution in [2.75, 3.05) is 18.0 Å². The minimum absolute atomic E-state index is 0.280. The van der Waals surface area contributed by atoms with Crippen molar-refractivity contribution < 1.29 is 0 Å². The summed E-state index contributed by atoms with van der Waals surface area (Å²) >= 11 is 0. The van der Waals surface area contributed by atoms with E-state index in [-0.39, 0.29) is 6.04 Å². The van der Waals surface area contributed by atoms with E-state index in [1.54, 1.807) is 0 Å². The average molecular weight is 342 g/mol. The lowest BCUT2D eigenvalue weighted by atomic mass is 10.1. The highest BCUT2D eigenvalue weighted by Gasteiger charge is 2.12. The van der Waals surface area contributed by atoms with Crippen LogP contribution < -0.4 is 10.2 Å². The summed E-state index contributed by atoms with van der Waals surface area (Å²) in [5.41, 5.74) is 2.52. The van der Waals surface area contributed by atoms with E-state index in [0.29, 0.717) is 6.04 Å². The van der Waals surface area contributed by atoms with Crippen molar-refractivity contribution in [3.05, 3.63) is 41.9 Å². The highest BCUT2D eigenvalue weighted by Crippen LogP contribution is 2.19. The maximum atomic E-state index is 4.60. The molecule has 25 heavy (non-hydrogen) atoms. The molecule has 0 unspecified atom stereocenters. The van der Waals surface area contributed by atoms with Gasteiger partial charge in [0, 0.05) is 49.7 Å². The van der Waals surface area contributed by atoms with Crippen molar-refractivity contribution in [3.63, 3.8) is 0 Å². The molecule has 0 saturated carbocycles. The predicted molar refractivity (Wildman–Crippen MR) is 103 cm³/mol. The summed E-state index contributed by atoms with van der Waals surface area (Å²) in [4.78, 5) is 7.03. The van der Waals surface area contributed by atoms with Gasteiger partial charge in [0.2, 0.25) is 0 Å². The van der Waals surface area contributed by atoms with Gasteiger partial charge in [0.1, 0.15) is 5.82 Å². The molecule has 2 aromatic rings. The van der Waals surface area contributed by atoms with Gasteiger partial charge in [-0.2, -0.15) is 5.10 Å². The summed E-state index contributed by atoms with van der Waals surface area (Å²) < 4.78 is 2.01. The quantitative estimate of drug-likeness (QED) is 0.859. The van der Waals surface area contributed by atoms with Crippen molar-refractivity contribution in [3.8, 4) is 0 Å². The second-order valence-electron chi connectivity index (χ2n) is 7.37. The van der Waals surface area contributed by atoms with Crippen LogP contribution >= 0.6 is 0 Å². The van der Waals surface area contributed by atoms with Gasteiger partial charge in [0.05, 0.1) is 6.20 Å². The van der Waals surface area contributed by atoms with Gasteiger partial charge in [0.25, 0.3) is 0 Å². The van der Waals surface area contributed by atoms with Crippen LogP contribution in [0.15, 0.2) is 30.7 Å². The van der Waals surface area contributed by atoms with Crippen molar-refractivity contribution >= 4 is 5.82 Å². The fraction of sp³-hybridized carbons (Fsp3) is 0.600. The average Bonchev–Trinajstić information content (AvgIpc) is 2.96. The van der Waals surface area contributed by atoms with E-state index in [0.717, 1.165) is 25.5 Å². The largest absolute Gasteiger partial charge is 0.357 e. The molecule has 1 aliphatic heterocycles. The standard InChI is InChI=1S/C20H31N5/c1-16(2)25-15-19(14-23-25)17(3)22-13-18-8-9-21-20(12-18)24-10-6-4-5-7-11-24/h8-9,12,14-17,22H,4-7,10-11,13H2,1-3H3/t17-/m1/s1. The van der Waals surface area contributed by atoms with Gasteiger partial charge in [-0.3, -0.25) is 4.68 Å². The number of rotatable bonds is 6. The molecular weight excluding hydrogens is 310 g/mol. The van der Waals surface area contributed by atoms with Gasteiger partial charge in [-0.1, -0.05) is 12.8 Å². The lowest BCUT2D eigenvalue weighted by Crippen LogP contribution is -2.25. The second-order valence-corrected chi connectivity index (χ2v) is 7.37. The fourth-order valence-electron chi connectivity index (χ4n) is 3.29. The van der Waals surface area contributed by atoms with Crippen LogP contribution in [0.1, 0.15) is 69.7 Å². The summed E-state index contributed by atoms with van der Waals surface area (Å²) in [5, 5.41) is 8.05. The van der Waals surface area contributed by atoms with Gasteiger partial charge in [0.15, 0.2) is 0 Å². The third kappa shape index (κ3) is 4.82. The Balaban J connectivity index is 1.59. The minimum atomic E-state index is 0.280. The van der Waals surface area contributed by atoms with Crippen molar-refractivity contribution in [1.82, 2.24) is 20.1 Å². The van der Waals surface area contributed by atoms with Crippen LogP contribution in [0.5, 0.6) is 0 Å². The lowest BCUT2D eigenvalue weighted by molar-refractivity contribution is 0.528. The predicted octanol–water partition coefficient (Wildman–Crippen LogP) is 4.09. The Hall–Kier alpha value is -1.88. The molecule has 1 saturated heterocycles. The lowest BCUT2D eigenvalue weighted by Gasteiger charge is -2.22. The van der Waals surface area contributed by atoms with E-state index in [2.05, 4.69) is 59.4 Å². The molecule has 5 nitrogen and oxygen atoms in total. The monoisotopic (exact) mass is 341 g/mol. The maximum absolute atomic E-state index is 4.60. The number of hydrogen-bond donors (Lipinski definition) is 1. The van der Waals surface area contributed by atoms with E-state index >= 15 is 0 Å². The van der Waals surface area contributed by atoms with Crippen LogP contribution in [0.2, 0.25) is 0 Å². The van der Waals surface area contributed by atoms with Gasteiger partial charge >= 0.3 is 0 Å². The number of anilines is 1. The van der Waals surface area contributed by atoms with Crippen molar-refractivity contribution in [1.29, 1.82) is 0 Å². The first-order valence-electron chi connectivity index (χ1n) is 9.61. The normalized spacial score (nSPS) is 16.9. The Morgan fingerprint density at radius 3 is 2.56 bits per heavy atom. The highest BCUT2D eigenvalue weighted by molar-refractivity contribution is 5.41. The number of aromatic nitrogens is 3. The van der Waals surface area contributed by atoms with E-state index in [1.165, 1.54) is 36.8 Å². The molecule has 0 amide bonds. The van der Waals surface area contributed by atoms with Crippen molar-refractivity contribution in [2.45, 2.75) is 65.1 Å². The molecule has 0 aromatic carbocycles. The molecule has 0 bridgehead atoms. The molecule has 3 rings (SSSR count). The summed E-state index contributed by atoms with van der Waals surface area (Å²) in [6.07, 6.45) is 11.3. The van der Waals surface area contributed by atoms with Crippen LogP contribution in [-0.2, 0) is 6.54 Å². The zero-order chi connectivity index (χ0) is 17.6. The van der Waals surface area contributed by atoms with E-state index in [4.69, 9.17) is 0 Å². The van der Waals surface area contributed by atoms with Gasteiger partial charge in [-0.05, 0) is 51.3 Å². The van der Waals surface area contributed by atoms with Crippen molar-refractivity contribution in [2.24, 2.45) is 0 Å². The molecule has 1 N–H and O–H groups in total. The summed E-state index contributed by atoms with van der Waals surface area (Å²) in [6, 6.07) is 5.03. The molecule has 0 spiro atoms. The molecule has 0 radical (unpaired) electrons. The second kappa shape index (κ2) is 8.48. The van der Waals surface area contributed by atoms with Crippen LogP contribution in [0.25, 0.3) is 0 Å². The molecular formula is C20H31N5. The third-order valence-electron chi connectivity index (χ3n) is 5.00. The third-order valence-corrected chi connectivity index (χ3v) is 5.00. The smallest absolute Gasteiger partial charge is 0.128 e.